The second-order valence-electron chi connectivity index (χ2n) is 4.23. The Morgan fingerprint density at radius 1 is 1.14 bits per heavy atom. The van der Waals surface area contributed by atoms with Crippen molar-refractivity contribution in [3.8, 4) is 11.5 Å². The molecule has 0 aromatic heterocycles. The molecule has 3 N–H and O–H groups in total. The number of hydrogen-bond acceptors (Lipinski definition) is 6. The summed E-state index contributed by atoms with van der Waals surface area (Å²) in [5.74, 6) is 0.692. The Balaban J connectivity index is 2.48. The highest BCUT2D eigenvalue weighted by atomic mass is 16.6. The molecule has 0 atom stereocenters. The molecular weight excluding hydrogens is 274 g/mol. The summed E-state index contributed by atoms with van der Waals surface area (Å²) in [5.41, 5.74) is 7.07. The third-order valence-electron chi connectivity index (χ3n) is 2.86. The summed E-state index contributed by atoms with van der Waals surface area (Å²) in [6.07, 6.45) is 0. The lowest BCUT2D eigenvalue weighted by molar-refractivity contribution is -0.384. The van der Waals surface area contributed by atoms with E-state index in [-0.39, 0.29) is 5.69 Å². The maximum atomic E-state index is 11.2. The van der Waals surface area contributed by atoms with Gasteiger partial charge in [0.1, 0.15) is 5.69 Å². The summed E-state index contributed by atoms with van der Waals surface area (Å²) in [6, 6.07) is 9.75. The van der Waals surface area contributed by atoms with E-state index in [9.17, 15) is 10.1 Å². The molecule has 2 rings (SSSR count). The van der Waals surface area contributed by atoms with E-state index in [0.717, 1.165) is 0 Å². The minimum Gasteiger partial charge on any atom is -0.493 e. The zero-order valence-electron chi connectivity index (χ0n) is 11.6. The second-order valence-corrected chi connectivity index (χ2v) is 4.23. The van der Waals surface area contributed by atoms with Gasteiger partial charge in [0.25, 0.3) is 5.69 Å². The molecule has 7 nitrogen and oxygen atoms in total. The van der Waals surface area contributed by atoms with Gasteiger partial charge in [0, 0.05) is 17.4 Å². The molecule has 7 heteroatoms. The minimum absolute atomic E-state index is 0.116. The Bertz CT molecular complexity index is 673. The van der Waals surface area contributed by atoms with Crippen LogP contribution in [0.4, 0.5) is 22.7 Å². The first-order valence-electron chi connectivity index (χ1n) is 6.08. The summed E-state index contributed by atoms with van der Waals surface area (Å²) in [4.78, 5) is 10.7. The molecule has 0 saturated heterocycles. The van der Waals surface area contributed by atoms with E-state index in [1.165, 1.54) is 26.4 Å². The van der Waals surface area contributed by atoms with Gasteiger partial charge in [-0.2, -0.15) is 0 Å². The number of methoxy groups -OCH3 is 2. The maximum absolute atomic E-state index is 11.2. The zero-order valence-corrected chi connectivity index (χ0v) is 11.6. The fourth-order valence-corrected chi connectivity index (χ4v) is 1.89. The van der Waals surface area contributed by atoms with E-state index in [2.05, 4.69) is 5.32 Å². The molecule has 0 unspecified atom stereocenters. The number of ether oxygens (including phenoxy) is 2. The van der Waals surface area contributed by atoms with Gasteiger partial charge in [-0.15, -0.1) is 0 Å². The highest BCUT2D eigenvalue weighted by molar-refractivity contribution is 5.74. The normalized spacial score (nSPS) is 10.0. The van der Waals surface area contributed by atoms with E-state index in [0.29, 0.717) is 28.6 Å². The van der Waals surface area contributed by atoms with Gasteiger partial charge >= 0.3 is 0 Å². The van der Waals surface area contributed by atoms with Gasteiger partial charge in [-0.1, -0.05) is 6.07 Å². The second kappa shape index (κ2) is 6.00. The lowest BCUT2D eigenvalue weighted by atomic mass is 10.2. The molecule has 0 aliphatic carbocycles. The number of rotatable bonds is 5. The molecule has 0 fully saturated rings. The molecule has 2 aromatic rings. The first-order chi connectivity index (χ1) is 10.0. The molecule has 0 amide bonds. The van der Waals surface area contributed by atoms with Crippen LogP contribution in [0.5, 0.6) is 11.5 Å². The fourth-order valence-electron chi connectivity index (χ4n) is 1.89. The topological polar surface area (TPSA) is 99.7 Å². The summed E-state index contributed by atoms with van der Waals surface area (Å²) in [5, 5.41) is 14.2. The molecule has 21 heavy (non-hydrogen) atoms. The standard InChI is InChI=1S/C14H15N3O4/c1-20-13-7-11(12(17(18)19)8-14(13)21-2)16-10-5-3-4-9(15)6-10/h3-8,16H,15H2,1-2H3. The average Bonchev–Trinajstić information content (AvgIpc) is 2.46. The molecule has 0 aliphatic heterocycles. The van der Waals surface area contributed by atoms with Crippen molar-refractivity contribution in [3.05, 3.63) is 46.5 Å². The van der Waals surface area contributed by atoms with Crippen LogP contribution in [-0.4, -0.2) is 19.1 Å². The van der Waals surface area contributed by atoms with Crippen LogP contribution >= 0.6 is 0 Å². The van der Waals surface area contributed by atoms with Crippen molar-refractivity contribution >= 4 is 22.7 Å². The Kier molecular flexibility index (Phi) is 4.13. The van der Waals surface area contributed by atoms with Gasteiger partial charge in [0.2, 0.25) is 0 Å². The molecule has 0 saturated carbocycles. The van der Waals surface area contributed by atoms with Crippen molar-refractivity contribution in [2.75, 3.05) is 25.3 Å². The first kappa shape index (κ1) is 14.4. The molecule has 0 spiro atoms. The Morgan fingerprint density at radius 3 is 2.38 bits per heavy atom. The third-order valence-corrected chi connectivity index (χ3v) is 2.86. The van der Waals surface area contributed by atoms with Gasteiger partial charge < -0.3 is 20.5 Å². The number of nitrogens with one attached hydrogen (secondary N) is 1. The molecular formula is C14H15N3O4. The Morgan fingerprint density at radius 2 is 1.81 bits per heavy atom. The highest BCUT2D eigenvalue weighted by Crippen LogP contribution is 2.38. The molecule has 0 radical (unpaired) electrons. The van der Waals surface area contributed by atoms with E-state index in [4.69, 9.17) is 15.2 Å². The summed E-state index contributed by atoms with van der Waals surface area (Å²) in [7, 11) is 2.89. The molecule has 0 aliphatic rings. The zero-order chi connectivity index (χ0) is 15.4. The molecule has 0 bridgehead atoms. The van der Waals surface area contributed by atoms with Gasteiger partial charge in [-0.3, -0.25) is 10.1 Å². The van der Waals surface area contributed by atoms with Crippen molar-refractivity contribution < 1.29 is 14.4 Å². The highest BCUT2D eigenvalue weighted by Gasteiger charge is 2.19. The van der Waals surface area contributed by atoms with Crippen LogP contribution in [0.3, 0.4) is 0 Å². The molecule has 2 aromatic carbocycles. The van der Waals surface area contributed by atoms with Gasteiger partial charge in [0.05, 0.1) is 25.2 Å². The number of benzene rings is 2. The van der Waals surface area contributed by atoms with Crippen molar-refractivity contribution in [1.29, 1.82) is 0 Å². The van der Waals surface area contributed by atoms with Crippen LogP contribution in [0.1, 0.15) is 0 Å². The van der Waals surface area contributed by atoms with Gasteiger partial charge in [0.15, 0.2) is 11.5 Å². The third kappa shape index (κ3) is 3.14. The monoisotopic (exact) mass is 289 g/mol. The number of nitrogens with two attached hydrogens (primary N) is 1. The van der Waals surface area contributed by atoms with Crippen molar-refractivity contribution in [3.63, 3.8) is 0 Å². The minimum atomic E-state index is -0.489. The quantitative estimate of drug-likeness (QED) is 0.498. The van der Waals surface area contributed by atoms with E-state index in [1.54, 1.807) is 24.3 Å². The number of nitrogens with zero attached hydrogens (tertiary/aromatic N) is 1. The van der Waals surface area contributed by atoms with Crippen molar-refractivity contribution in [2.24, 2.45) is 0 Å². The number of nitrogen functional groups attached to an aromatic ring is 1. The van der Waals surface area contributed by atoms with E-state index >= 15 is 0 Å². The predicted octanol–water partition coefficient (Wildman–Crippen LogP) is 2.94. The Labute approximate surface area is 121 Å². The Hall–Kier alpha value is -2.96. The molecule has 110 valence electrons. The van der Waals surface area contributed by atoms with Crippen LogP contribution in [0.2, 0.25) is 0 Å². The maximum Gasteiger partial charge on any atom is 0.296 e. The number of nitro groups is 1. The summed E-state index contributed by atoms with van der Waals surface area (Å²) >= 11 is 0. The number of nitro benzene ring substituents is 1. The van der Waals surface area contributed by atoms with Gasteiger partial charge in [-0.25, -0.2) is 0 Å². The lowest BCUT2D eigenvalue weighted by Crippen LogP contribution is -2.00. The smallest absolute Gasteiger partial charge is 0.296 e. The first-order valence-corrected chi connectivity index (χ1v) is 6.08. The van der Waals surface area contributed by atoms with Gasteiger partial charge in [-0.05, 0) is 18.2 Å². The van der Waals surface area contributed by atoms with Crippen molar-refractivity contribution in [1.82, 2.24) is 0 Å². The van der Waals surface area contributed by atoms with E-state index in [1.807, 2.05) is 0 Å². The SMILES string of the molecule is COc1cc(Nc2cccc(N)c2)c([N+](=O)[O-])cc1OC. The van der Waals surface area contributed by atoms with Crippen molar-refractivity contribution in [2.45, 2.75) is 0 Å². The van der Waals surface area contributed by atoms with Crippen LogP contribution in [0.15, 0.2) is 36.4 Å². The van der Waals surface area contributed by atoms with E-state index < -0.39 is 4.92 Å². The van der Waals surface area contributed by atoms with Crippen LogP contribution in [-0.2, 0) is 0 Å². The number of anilines is 3. The fraction of sp³-hybridized carbons (Fsp3) is 0.143. The van der Waals surface area contributed by atoms with Crippen LogP contribution in [0, 0.1) is 10.1 Å². The van der Waals surface area contributed by atoms with Crippen LogP contribution in [0.25, 0.3) is 0 Å². The predicted molar refractivity (Wildman–Crippen MR) is 80.3 cm³/mol. The summed E-state index contributed by atoms with van der Waals surface area (Å²) in [6.45, 7) is 0. The number of hydrogen-bond donors (Lipinski definition) is 2. The van der Waals surface area contributed by atoms with Crippen LogP contribution < -0.4 is 20.5 Å². The summed E-state index contributed by atoms with van der Waals surface area (Å²) < 4.78 is 10.2. The average molecular weight is 289 g/mol. The molecule has 0 heterocycles. The lowest BCUT2D eigenvalue weighted by Gasteiger charge is -2.12. The largest absolute Gasteiger partial charge is 0.493 e.